The van der Waals surface area contributed by atoms with E-state index in [-0.39, 0.29) is 29.8 Å². The molecule has 2 rings (SSSR count). The van der Waals surface area contributed by atoms with E-state index in [2.05, 4.69) is 5.32 Å². The Labute approximate surface area is 186 Å². The van der Waals surface area contributed by atoms with Gasteiger partial charge in [0.1, 0.15) is 17.6 Å². The third kappa shape index (κ3) is 6.89. The summed E-state index contributed by atoms with van der Waals surface area (Å²) in [5.74, 6) is -1.01. The van der Waals surface area contributed by atoms with E-state index in [1.165, 1.54) is 17.0 Å². The first-order valence-corrected chi connectivity index (χ1v) is 10.2. The first-order valence-electron chi connectivity index (χ1n) is 9.40. The third-order valence-electron chi connectivity index (χ3n) is 4.21. The van der Waals surface area contributed by atoms with Crippen LogP contribution < -0.4 is 10.1 Å². The second-order valence-electron chi connectivity index (χ2n) is 7.89. The summed E-state index contributed by atoms with van der Waals surface area (Å²) >= 11 is 11.9. The fraction of sp³-hybridized carbons (Fsp3) is 0.364. The topological polar surface area (TPSA) is 58.6 Å². The molecule has 8 heteroatoms. The number of hydrogen-bond acceptors (Lipinski definition) is 3. The average molecular weight is 455 g/mol. The van der Waals surface area contributed by atoms with Gasteiger partial charge >= 0.3 is 0 Å². The molecule has 0 bridgehead atoms. The van der Waals surface area contributed by atoms with Gasteiger partial charge in [0.25, 0.3) is 5.91 Å². The van der Waals surface area contributed by atoms with Gasteiger partial charge in [-0.15, -0.1) is 0 Å². The number of nitrogens with zero attached hydrogens (tertiary/aromatic N) is 1. The molecule has 0 saturated heterocycles. The van der Waals surface area contributed by atoms with Crippen LogP contribution in [0.1, 0.15) is 33.3 Å². The Balaban J connectivity index is 2.21. The van der Waals surface area contributed by atoms with Crippen LogP contribution in [0.4, 0.5) is 4.39 Å². The van der Waals surface area contributed by atoms with Crippen molar-refractivity contribution in [2.24, 2.45) is 0 Å². The summed E-state index contributed by atoms with van der Waals surface area (Å²) in [5, 5.41) is 3.54. The van der Waals surface area contributed by atoms with Gasteiger partial charge in [0.05, 0.1) is 5.02 Å². The van der Waals surface area contributed by atoms with Crippen LogP contribution >= 0.6 is 23.2 Å². The minimum atomic E-state index is -0.847. The Kier molecular flexibility index (Phi) is 8.10. The fourth-order valence-electron chi connectivity index (χ4n) is 2.68. The molecule has 0 radical (unpaired) electrons. The Morgan fingerprint density at radius 1 is 1.17 bits per heavy atom. The van der Waals surface area contributed by atoms with E-state index >= 15 is 0 Å². The van der Waals surface area contributed by atoms with Crippen LogP contribution in [-0.2, 0) is 16.1 Å². The zero-order chi connectivity index (χ0) is 22.5. The maximum absolute atomic E-state index is 14.2. The van der Waals surface area contributed by atoms with Crippen molar-refractivity contribution in [3.8, 4) is 5.75 Å². The van der Waals surface area contributed by atoms with Gasteiger partial charge in [0, 0.05) is 22.7 Å². The summed E-state index contributed by atoms with van der Waals surface area (Å²) in [7, 11) is 0. The van der Waals surface area contributed by atoms with Gasteiger partial charge in [-0.05, 0) is 52.0 Å². The maximum atomic E-state index is 14.2. The van der Waals surface area contributed by atoms with Crippen LogP contribution in [0, 0.1) is 5.82 Å². The van der Waals surface area contributed by atoms with Crippen molar-refractivity contribution in [2.45, 2.75) is 45.8 Å². The lowest BCUT2D eigenvalue weighted by Gasteiger charge is -2.31. The van der Waals surface area contributed by atoms with E-state index in [4.69, 9.17) is 27.9 Å². The number of rotatable bonds is 7. The molecule has 30 heavy (non-hydrogen) atoms. The van der Waals surface area contributed by atoms with E-state index in [1.807, 2.05) is 20.8 Å². The smallest absolute Gasteiger partial charge is 0.261 e. The van der Waals surface area contributed by atoms with Crippen molar-refractivity contribution in [2.75, 3.05) is 6.61 Å². The summed E-state index contributed by atoms with van der Waals surface area (Å²) in [5.41, 5.74) is -0.184. The van der Waals surface area contributed by atoms with Gasteiger partial charge in [-0.1, -0.05) is 41.4 Å². The highest BCUT2D eigenvalue weighted by Gasteiger charge is 2.29. The van der Waals surface area contributed by atoms with Crippen molar-refractivity contribution in [3.05, 3.63) is 63.9 Å². The highest BCUT2D eigenvalue weighted by Crippen LogP contribution is 2.27. The van der Waals surface area contributed by atoms with Crippen LogP contribution in [0.15, 0.2) is 42.5 Å². The normalized spacial score (nSPS) is 12.2. The van der Waals surface area contributed by atoms with Crippen LogP contribution in [-0.4, -0.2) is 34.9 Å². The second-order valence-corrected chi connectivity index (χ2v) is 8.74. The lowest BCUT2D eigenvalue weighted by molar-refractivity contribution is -0.142. The van der Waals surface area contributed by atoms with Gasteiger partial charge in [-0.2, -0.15) is 0 Å². The molecule has 1 atom stereocenters. The number of carbonyl (C=O) groups excluding carboxylic acids is 2. The highest BCUT2D eigenvalue weighted by atomic mass is 35.5. The predicted octanol–water partition coefficient (Wildman–Crippen LogP) is 4.84. The van der Waals surface area contributed by atoms with Crippen molar-refractivity contribution in [1.82, 2.24) is 10.2 Å². The lowest BCUT2D eigenvalue weighted by atomic mass is 10.1. The van der Waals surface area contributed by atoms with E-state index in [1.54, 1.807) is 37.3 Å². The zero-order valence-electron chi connectivity index (χ0n) is 17.3. The van der Waals surface area contributed by atoms with Gasteiger partial charge in [0.15, 0.2) is 6.61 Å². The second kappa shape index (κ2) is 10.1. The number of benzene rings is 2. The highest BCUT2D eigenvalue weighted by molar-refractivity contribution is 6.35. The molecule has 0 saturated carbocycles. The molecular weight excluding hydrogens is 430 g/mol. The molecular formula is C22H25Cl2FN2O3. The van der Waals surface area contributed by atoms with Crippen molar-refractivity contribution in [3.63, 3.8) is 0 Å². The van der Waals surface area contributed by atoms with Gasteiger partial charge in [0.2, 0.25) is 5.91 Å². The Hall–Kier alpha value is -2.31. The number of ether oxygens (including phenoxy) is 1. The van der Waals surface area contributed by atoms with E-state index in [0.717, 1.165) is 0 Å². The molecule has 162 valence electrons. The molecule has 1 N–H and O–H groups in total. The van der Waals surface area contributed by atoms with E-state index < -0.39 is 23.3 Å². The SMILES string of the molecule is C[C@H](C(=O)NC(C)(C)C)N(Cc1ccccc1F)C(=O)COc1ccc(Cl)cc1Cl. The number of hydrogen-bond donors (Lipinski definition) is 1. The molecule has 0 aliphatic rings. The molecule has 2 aromatic rings. The van der Waals surface area contributed by atoms with Crippen LogP contribution in [0.3, 0.4) is 0 Å². The summed E-state index contributed by atoms with van der Waals surface area (Å²) in [4.78, 5) is 26.9. The summed E-state index contributed by atoms with van der Waals surface area (Å²) in [6, 6.07) is 9.90. The van der Waals surface area contributed by atoms with Gasteiger partial charge in [-0.3, -0.25) is 9.59 Å². The molecule has 5 nitrogen and oxygen atoms in total. The molecule has 0 aliphatic carbocycles. The maximum Gasteiger partial charge on any atom is 0.261 e. The largest absolute Gasteiger partial charge is 0.482 e. The number of amides is 2. The minimum absolute atomic E-state index is 0.0814. The summed E-state index contributed by atoms with van der Waals surface area (Å²) < 4.78 is 19.7. The molecule has 0 heterocycles. The first-order chi connectivity index (χ1) is 14.0. The standard InChI is InChI=1S/C22H25Cl2FN2O3/c1-14(21(29)26-22(2,3)4)27(12-15-7-5-6-8-18(15)25)20(28)13-30-19-10-9-16(23)11-17(19)24/h5-11,14H,12-13H2,1-4H3,(H,26,29)/t14-/m1/s1. The van der Waals surface area contributed by atoms with Crippen LogP contribution in [0.2, 0.25) is 10.0 Å². The average Bonchev–Trinajstić information content (AvgIpc) is 2.64. The summed E-state index contributed by atoms with van der Waals surface area (Å²) in [6.07, 6.45) is 0. The fourth-order valence-corrected chi connectivity index (χ4v) is 3.14. The number of nitrogens with one attached hydrogen (secondary N) is 1. The predicted molar refractivity (Wildman–Crippen MR) is 116 cm³/mol. The first kappa shape index (κ1) is 24.0. The minimum Gasteiger partial charge on any atom is -0.482 e. The Bertz CT molecular complexity index is 915. The molecule has 0 spiro atoms. The molecule has 0 unspecified atom stereocenters. The van der Waals surface area contributed by atoms with Crippen molar-refractivity contribution >= 4 is 35.0 Å². The number of carbonyl (C=O) groups is 2. The van der Waals surface area contributed by atoms with Crippen LogP contribution in [0.25, 0.3) is 0 Å². The Morgan fingerprint density at radius 2 is 1.83 bits per heavy atom. The van der Waals surface area contributed by atoms with Crippen LogP contribution in [0.5, 0.6) is 5.75 Å². The van der Waals surface area contributed by atoms with Crippen molar-refractivity contribution < 1.29 is 18.7 Å². The molecule has 0 aliphatic heterocycles. The third-order valence-corrected chi connectivity index (χ3v) is 4.74. The van der Waals surface area contributed by atoms with Crippen molar-refractivity contribution in [1.29, 1.82) is 0 Å². The van der Waals surface area contributed by atoms with Gasteiger partial charge in [-0.25, -0.2) is 4.39 Å². The quantitative estimate of drug-likeness (QED) is 0.650. The number of halogens is 3. The van der Waals surface area contributed by atoms with E-state index in [0.29, 0.717) is 10.6 Å². The lowest BCUT2D eigenvalue weighted by Crippen LogP contribution is -2.53. The molecule has 2 aromatic carbocycles. The zero-order valence-corrected chi connectivity index (χ0v) is 18.9. The molecule has 0 aromatic heterocycles. The monoisotopic (exact) mass is 454 g/mol. The van der Waals surface area contributed by atoms with E-state index in [9.17, 15) is 14.0 Å². The Morgan fingerprint density at radius 3 is 2.43 bits per heavy atom. The molecule has 0 fully saturated rings. The molecule has 2 amide bonds. The van der Waals surface area contributed by atoms with Gasteiger partial charge < -0.3 is 15.0 Å². The summed E-state index contributed by atoms with van der Waals surface area (Å²) in [6.45, 7) is 6.66.